The van der Waals surface area contributed by atoms with Gasteiger partial charge in [0, 0.05) is 60.2 Å². The molecule has 0 spiro atoms. The second kappa shape index (κ2) is 21.0. The average molecular weight is 844 g/mol. The van der Waals surface area contributed by atoms with Gasteiger partial charge < -0.3 is 38.2 Å². The van der Waals surface area contributed by atoms with Crippen LogP contribution in [0.25, 0.3) is 0 Å². The molecule has 0 amide bonds. The molecule has 1 aliphatic carbocycles. The Balaban J connectivity index is 1.37. The predicted octanol–water partition coefficient (Wildman–Crippen LogP) is 7.91. The van der Waals surface area contributed by atoms with E-state index >= 15 is 0 Å². The summed E-state index contributed by atoms with van der Waals surface area (Å²) in [5.74, 6) is 0. The molecule has 2 aromatic carbocycles. The maximum Gasteiger partial charge on any atom is 0.294 e. The van der Waals surface area contributed by atoms with Crippen LogP contribution in [-0.2, 0) is 49.4 Å². The van der Waals surface area contributed by atoms with Crippen molar-refractivity contribution >= 4 is 33.1 Å². The van der Waals surface area contributed by atoms with Crippen LogP contribution in [0, 0.1) is 6.92 Å². The van der Waals surface area contributed by atoms with Crippen molar-refractivity contribution in [2.24, 2.45) is 0 Å². The van der Waals surface area contributed by atoms with E-state index in [-0.39, 0.29) is 16.4 Å². The number of hydrogen-bond acceptors (Lipinski definition) is 10. The Hall–Kier alpha value is -3.04. The molecule has 0 saturated carbocycles. The van der Waals surface area contributed by atoms with E-state index in [0.29, 0.717) is 72.6 Å². The first-order chi connectivity index (χ1) is 27.7. The summed E-state index contributed by atoms with van der Waals surface area (Å²) in [6, 6.07) is 11.6. The van der Waals surface area contributed by atoms with E-state index in [4.69, 9.17) is 40.0 Å². The first-order valence-electron chi connectivity index (χ1n) is 20.3. The summed E-state index contributed by atoms with van der Waals surface area (Å²) in [7, 11) is -1.08. The molecule has 3 aliphatic rings. The fraction of sp³-hybridized carbons (Fsp3) is 0.556. The molecule has 5 rings (SSSR count). The van der Waals surface area contributed by atoms with Gasteiger partial charge in [-0.2, -0.15) is 8.42 Å². The minimum absolute atomic E-state index is 0.0948. The van der Waals surface area contributed by atoms with Crippen LogP contribution in [0.4, 0.5) is 11.4 Å². The number of methoxy groups -OCH3 is 2. The number of hydrogen-bond donors (Lipinski definition) is 1. The molecule has 2 heterocycles. The van der Waals surface area contributed by atoms with Crippen LogP contribution in [0.2, 0.25) is 0 Å². The smallest absolute Gasteiger partial charge is 0.294 e. The van der Waals surface area contributed by atoms with Crippen LogP contribution in [0.3, 0.4) is 0 Å². The summed E-state index contributed by atoms with van der Waals surface area (Å²) >= 11 is 7.26. The molecular formula is C45H63ClN2O9S. The van der Waals surface area contributed by atoms with Crippen LogP contribution in [-0.4, -0.2) is 112 Å². The van der Waals surface area contributed by atoms with Gasteiger partial charge >= 0.3 is 0 Å². The summed E-state index contributed by atoms with van der Waals surface area (Å²) in [4.78, 5) is 4.49. The number of rotatable bonds is 22. The first-order valence-corrected chi connectivity index (χ1v) is 22.1. The third-order valence-electron chi connectivity index (χ3n) is 11.3. The first kappa shape index (κ1) is 46.0. The minimum atomic E-state index is -4.38. The number of benzene rings is 2. The van der Waals surface area contributed by atoms with Crippen LogP contribution >= 0.6 is 11.6 Å². The van der Waals surface area contributed by atoms with Gasteiger partial charge in [-0.1, -0.05) is 75.2 Å². The fourth-order valence-corrected chi connectivity index (χ4v) is 8.94. The Morgan fingerprint density at radius 2 is 1.38 bits per heavy atom. The largest absolute Gasteiger partial charge is 0.382 e. The highest BCUT2D eigenvalue weighted by Crippen LogP contribution is 2.49. The molecule has 2 aliphatic heterocycles. The Bertz CT molecular complexity index is 1940. The molecule has 0 fully saturated rings. The zero-order chi connectivity index (χ0) is 41.9. The Labute approximate surface area is 351 Å². The number of aryl methyl sites for hydroxylation is 1. The normalized spacial score (nSPS) is 20.3. The van der Waals surface area contributed by atoms with Gasteiger partial charge in [0.2, 0.25) is 0 Å². The lowest BCUT2D eigenvalue weighted by molar-refractivity contribution is 0.0263. The molecule has 1 N–H and O–H groups in total. The lowest BCUT2D eigenvalue weighted by atomic mass is 9.79. The zero-order valence-corrected chi connectivity index (χ0v) is 36.9. The van der Waals surface area contributed by atoms with E-state index in [9.17, 15) is 13.0 Å². The van der Waals surface area contributed by atoms with Crippen molar-refractivity contribution in [3.05, 3.63) is 99.3 Å². The van der Waals surface area contributed by atoms with Crippen molar-refractivity contribution in [2.45, 2.75) is 75.6 Å². The maximum absolute atomic E-state index is 12.2. The highest BCUT2D eigenvalue weighted by Gasteiger charge is 2.43. The van der Waals surface area contributed by atoms with Crippen molar-refractivity contribution in [2.75, 3.05) is 103 Å². The molecule has 13 heteroatoms. The molecule has 2 aromatic rings. The molecule has 0 aromatic heterocycles. The maximum atomic E-state index is 12.2. The van der Waals surface area contributed by atoms with Gasteiger partial charge in [0.15, 0.2) is 0 Å². The summed E-state index contributed by atoms with van der Waals surface area (Å²) in [5, 5.41) is 0.761. The molecule has 0 bridgehead atoms. The topological polar surface area (TPSA) is 116 Å². The quantitative estimate of drug-likeness (QED) is 0.0922. The van der Waals surface area contributed by atoms with Gasteiger partial charge in [0.25, 0.3) is 10.1 Å². The van der Waals surface area contributed by atoms with Crippen LogP contribution in [0.15, 0.2) is 87.5 Å². The van der Waals surface area contributed by atoms with Crippen LogP contribution in [0.5, 0.6) is 0 Å². The van der Waals surface area contributed by atoms with E-state index in [0.717, 1.165) is 58.9 Å². The summed E-state index contributed by atoms with van der Waals surface area (Å²) in [5.41, 5.74) is 7.91. The SMILES string of the molecule is COCCOCCOCCN1/C(=C/C=C2\CCCC(/C=C/C3N(CCOCCOCCOC)c4ccc(C)cc4C3(C)C)=C2Cl)C(C)(C)c2cc(S(=O)(=O)O)ccc21. The van der Waals surface area contributed by atoms with Crippen molar-refractivity contribution in [3.8, 4) is 0 Å². The molecule has 0 saturated heterocycles. The van der Waals surface area contributed by atoms with Crippen molar-refractivity contribution in [1.82, 2.24) is 0 Å². The van der Waals surface area contributed by atoms with E-state index in [2.05, 4.69) is 86.9 Å². The Kier molecular flexibility index (Phi) is 16.6. The molecule has 58 heavy (non-hydrogen) atoms. The molecule has 0 radical (unpaired) electrons. The number of halogens is 1. The minimum Gasteiger partial charge on any atom is -0.382 e. The standard InChI is InChI=1S/C45H63ClN2O9S/c1-33-11-15-39-37(31-33)44(2,3)41(47(39)19-21-54-27-29-56-25-23-52-6)17-12-34-9-8-10-35(43(34)46)13-18-42-45(4,5)38-32-36(58(49,50)51)14-16-40(38)48(42)20-22-55-28-30-57-26-24-53-7/h11-18,31-32,41H,8-10,19-30H2,1-7H3,(H,49,50,51)/b17-12+,35-13+,42-18+. The number of anilines is 2. The van der Waals surface area contributed by atoms with E-state index in [1.54, 1.807) is 26.4 Å². The molecular weight excluding hydrogens is 780 g/mol. The second-order valence-electron chi connectivity index (χ2n) is 16.0. The number of fused-ring (bicyclic) bond motifs is 2. The highest BCUT2D eigenvalue weighted by molar-refractivity contribution is 7.85. The van der Waals surface area contributed by atoms with Gasteiger partial charge in [-0.15, -0.1) is 0 Å². The van der Waals surface area contributed by atoms with Gasteiger partial charge in [-0.3, -0.25) is 4.55 Å². The number of allylic oxidation sites excluding steroid dienone is 7. The molecule has 1 unspecified atom stereocenters. The molecule has 320 valence electrons. The third kappa shape index (κ3) is 11.2. The summed E-state index contributed by atoms with van der Waals surface area (Å²) < 4.78 is 67.3. The van der Waals surface area contributed by atoms with Crippen LogP contribution < -0.4 is 9.80 Å². The van der Waals surface area contributed by atoms with Crippen LogP contribution in [0.1, 0.15) is 63.6 Å². The number of ether oxygens (including phenoxy) is 6. The van der Waals surface area contributed by atoms with Crippen molar-refractivity contribution in [3.63, 3.8) is 0 Å². The lowest BCUT2D eigenvalue weighted by Gasteiger charge is -2.32. The monoisotopic (exact) mass is 842 g/mol. The molecule has 1 atom stereocenters. The fourth-order valence-electron chi connectivity index (χ4n) is 8.12. The Morgan fingerprint density at radius 1 is 0.776 bits per heavy atom. The van der Waals surface area contributed by atoms with Crippen molar-refractivity contribution in [1.29, 1.82) is 0 Å². The molecule has 11 nitrogen and oxygen atoms in total. The third-order valence-corrected chi connectivity index (χ3v) is 12.6. The highest BCUT2D eigenvalue weighted by atomic mass is 35.5. The van der Waals surface area contributed by atoms with Gasteiger partial charge in [-0.05, 0) is 78.8 Å². The van der Waals surface area contributed by atoms with Crippen molar-refractivity contribution < 1.29 is 41.4 Å². The summed E-state index contributed by atoms with van der Waals surface area (Å²) in [6.45, 7) is 17.3. The summed E-state index contributed by atoms with van der Waals surface area (Å²) in [6.07, 6.45) is 11.4. The van der Waals surface area contributed by atoms with Gasteiger partial charge in [0.1, 0.15) is 0 Å². The average Bonchev–Trinajstić information content (AvgIpc) is 3.52. The van der Waals surface area contributed by atoms with Gasteiger partial charge in [-0.25, -0.2) is 0 Å². The second-order valence-corrected chi connectivity index (χ2v) is 17.8. The Morgan fingerprint density at radius 3 is 2.02 bits per heavy atom. The number of nitrogens with zero attached hydrogens (tertiary/aromatic N) is 2. The lowest BCUT2D eigenvalue weighted by Crippen LogP contribution is -2.41. The zero-order valence-electron chi connectivity index (χ0n) is 35.4. The van der Waals surface area contributed by atoms with E-state index in [1.807, 2.05) is 0 Å². The van der Waals surface area contributed by atoms with Gasteiger partial charge in [0.05, 0.1) is 77.0 Å². The predicted molar refractivity (Wildman–Crippen MR) is 231 cm³/mol. The van der Waals surface area contributed by atoms with E-state index < -0.39 is 15.5 Å². The van der Waals surface area contributed by atoms with E-state index in [1.165, 1.54) is 22.9 Å².